The van der Waals surface area contributed by atoms with Crippen molar-refractivity contribution in [3.63, 3.8) is 0 Å². The van der Waals surface area contributed by atoms with Gasteiger partial charge in [-0.15, -0.1) is 0 Å². The Kier molecular flexibility index (Phi) is 5.16. The normalized spacial score (nSPS) is 14.6. The van der Waals surface area contributed by atoms with Gasteiger partial charge in [0.05, 0.1) is 24.5 Å². The quantitative estimate of drug-likeness (QED) is 0.452. The first-order chi connectivity index (χ1) is 11.8. The average molecular weight is 333 g/mol. The molecule has 1 aliphatic rings. The topological polar surface area (TPSA) is 111 Å². The second kappa shape index (κ2) is 7.68. The third-order valence-corrected chi connectivity index (χ3v) is 3.74. The molecule has 1 fully saturated rings. The summed E-state index contributed by atoms with van der Waals surface area (Å²) in [5.74, 6) is 0.595. The third kappa shape index (κ3) is 3.77. The third-order valence-electron chi connectivity index (χ3n) is 3.74. The minimum absolute atomic E-state index is 0.0815. The van der Waals surface area contributed by atoms with Crippen molar-refractivity contribution in [3.8, 4) is 0 Å². The van der Waals surface area contributed by atoms with E-state index < -0.39 is 4.92 Å². The molecular weight excluding hydrogens is 314 g/mol. The fourth-order valence-electron chi connectivity index (χ4n) is 2.56. The lowest BCUT2D eigenvalue weighted by atomic mass is 10.3. The minimum Gasteiger partial charge on any atom is -0.378 e. The monoisotopic (exact) mass is 333 g/mol. The van der Waals surface area contributed by atoms with Gasteiger partial charge < -0.3 is 19.5 Å². The van der Waals surface area contributed by atoms with Gasteiger partial charge in [0.2, 0.25) is 11.6 Å². The van der Waals surface area contributed by atoms with Gasteiger partial charge in [-0.25, -0.2) is 15.0 Å². The Balaban J connectivity index is 1.68. The summed E-state index contributed by atoms with van der Waals surface area (Å²) in [4.78, 5) is 25.1. The van der Waals surface area contributed by atoms with Crippen LogP contribution >= 0.6 is 0 Å². The zero-order chi connectivity index (χ0) is 16.8. The van der Waals surface area contributed by atoms with Crippen LogP contribution in [0.1, 0.15) is 6.42 Å². The maximum Gasteiger partial charge on any atom is 0.353 e. The van der Waals surface area contributed by atoms with Crippen LogP contribution in [0.2, 0.25) is 0 Å². The SMILES string of the molecule is O=[N+]([O-])c1c(NCCCn2ccnc2)ncnc1N1CCOCC1. The van der Waals surface area contributed by atoms with Crippen molar-refractivity contribution in [1.82, 2.24) is 19.5 Å². The van der Waals surface area contributed by atoms with Crippen LogP contribution in [0, 0.1) is 10.1 Å². The van der Waals surface area contributed by atoms with E-state index in [-0.39, 0.29) is 11.5 Å². The molecule has 10 nitrogen and oxygen atoms in total. The molecule has 1 aliphatic heterocycles. The molecule has 0 unspecified atom stereocenters. The minimum atomic E-state index is -0.428. The number of rotatable bonds is 7. The van der Waals surface area contributed by atoms with E-state index in [0.29, 0.717) is 38.7 Å². The Morgan fingerprint density at radius 3 is 2.88 bits per heavy atom. The molecule has 3 heterocycles. The lowest BCUT2D eigenvalue weighted by Crippen LogP contribution is -2.37. The van der Waals surface area contributed by atoms with Crippen molar-refractivity contribution < 1.29 is 9.66 Å². The van der Waals surface area contributed by atoms with Crippen LogP contribution in [0.4, 0.5) is 17.3 Å². The van der Waals surface area contributed by atoms with Crippen molar-refractivity contribution >= 4 is 17.3 Å². The summed E-state index contributed by atoms with van der Waals surface area (Å²) in [7, 11) is 0. The molecule has 0 atom stereocenters. The van der Waals surface area contributed by atoms with Gasteiger partial charge in [-0.1, -0.05) is 0 Å². The average Bonchev–Trinajstić information content (AvgIpc) is 3.12. The van der Waals surface area contributed by atoms with Crippen molar-refractivity contribution in [3.05, 3.63) is 35.2 Å². The number of nitrogens with one attached hydrogen (secondary N) is 1. The van der Waals surface area contributed by atoms with E-state index in [0.717, 1.165) is 13.0 Å². The first kappa shape index (κ1) is 16.1. The summed E-state index contributed by atoms with van der Waals surface area (Å²) in [6.07, 6.45) is 7.49. The van der Waals surface area contributed by atoms with E-state index >= 15 is 0 Å². The highest BCUT2D eigenvalue weighted by atomic mass is 16.6. The highest BCUT2D eigenvalue weighted by Crippen LogP contribution is 2.31. The molecule has 24 heavy (non-hydrogen) atoms. The predicted octanol–water partition coefficient (Wildman–Crippen LogP) is 0.920. The summed E-state index contributed by atoms with van der Waals surface area (Å²) in [5.41, 5.74) is -0.0815. The van der Waals surface area contributed by atoms with Gasteiger partial charge in [0.15, 0.2) is 0 Å². The van der Waals surface area contributed by atoms with Crippen LogP contribution in [0.3, 0.4) is 0 Å². The first-order valence-electron chi connectivity index (χ1n) is 7.77. The molecule has 0 aliphatic carbocycles. The number of aromatic nitrogens is 4. The predicted molar refractivity (Wildman–Crippen MR) is 87.1 cm³/mol. The lowest BCUT2D eigenvalue weighted by molar-refractivity contribution is -0.383. The van der Waals surface area contributed by atoms with Gasteiger partial charge in [-0.3, -0.25) is 10.1 Å². The first-order valence-corrected chi connectivity index (χ1v) is 7.77. The van der Waals surface area contributed by atoms with Crippen molar-refractivity contribution in [2.75, 3.05) is 43.1 Å². The molecule has 128 valence electrons. The van der Waals surface area contributed by atoms with Crippen LogP contribution in [0.25, 0.3) is 0 Å². The van der Waals surface area contributed by atoms with Crippen molar-refractivity contribution in [2.24, 2.45) is 0 Å². The van der Waals surface area contributed by atoms with Crippen LogP contribution in [-0.4, -0.2) is 57.3 Å². The molecule has 2 aromatic rings. The maximum absolute atomic E-state index is 11.5. The maximum atomic E-state index is 11.5. The molecule has 0 amide bonds. The van der Waals surface area contributed by atoms with Crippen LogP contribution in [-0.2, 0) is 11.3 Å². The van der Waals surface area contributed by atoms with E-state index in [2.05, 4.69) is 20.3 Å². The molecule has 0 bridgehead atoms. The number of hydrogen-bond donors (Lipinski definition) is 1. The summed E-state index contributed by atoms with van der Waals surface area (Å²) >= 11 is 0. The highest BCUT2D eigenvalue weighted by molar-refractivity contribution is 5.70. The Hall–Kier alpha value is -2.75. The number of hydrogen-bond acceptors (Lipinski definition) is 8. The summed E-state index contributed by atoms with van der Waals surface area (Å²) < 4.78 is 7.24. The molecule has 2 aromatic heterocycles. The van der Waals surface area contributed by atoms with Crippen LogP contribution in [0.15, 0.2) is 25.0 Å². The molecule has 0 saturated carbocycles. The molecular formula is C14H19N7O3. The van der Waals surface area contributed by atoms with Gasteiger partial charge >= 0.3 is 5.69 Å². The van der Waals surface area contributed by atoms with E-state index in [9.17, 15) is 10.1 Å². The Bertz CT molecular complexity index is 671. The number of imidazole rings is 1. The van der Waals surface area contributed by atoms with Gasteiger partial charge in [0.25, 0.3) is 0 Å². The molecule has 3 rings (SSSR count). The standard InChI is InChI=1S/C14H19N7O3/c22-21(23)12-13(16-2-1-4-19-5-3-15-11-19)17-10-18-14(12)20-6-8-24-9-7-20/h3,5,10-11H,1-2,4,6-9H2,(H,16,17,18). The van der Waals surface area contributed by atoms with Gasteiger partial charge in [-0.2, -0.15) is 0 Å². The van der Waals surface area contributed by atoms with Gasteiger partial charge in [-0.05, 0) is 6.42 Å². The Labute approximate surface area is 138 Å². The summed E-state index contributed by atoms with van der Waals surface area (Å²) in [5, 5.41) is 14.6. The number of ether oxygens (including phenoxy) is 1. The second-order valence-electron chi connectivity index (χ2n) is 5.33. The smallest absolute Gasteiger partial charge is 0.353 e. The molecule has 1 N–H and O–H groups in total. The number of anilines is 2. The fourth-order valence-corrected chi connectivity index (χ4v) is 2.56. The van der Waals surface area contributed by atoms with Gasteiger partial charge in [0.1, 0.15) is 6.33 Å². The fraction of sp³-hybridized carbons (Fsp3) is 0.500. The van der Waals surface area contributed by atoms with Crippen LogP contribution in [0.5, 0.6) is 0 Å². The number of nitrogens with zero attached hydrogens (tertiary/aromatic N) is 6. The van der Waals surface area contributed by atoms with Gasteiger partial charge in [0, 0.05) is 38.6 Å². The largest absolute Gasteiger partial charge is 0.378 e. The van der Waals surface area contributed by atoms with E-state index in [4.69, 9.17) is 4.74 Å². The lowest BCUT2D eigenvalue weighted by Gasteiger charge is -2.27. The summed E-state index contributed by atoms with van der Waals surface area (Å²) in [6.45, 7) is 3.58. The highest BCUT2D eigenvalue weighted by Gasteiger charge is 2.27. The molecule has 0 radical (unpaired) electrons. The zero-order valence-electron chi connectivity index (χ0n) is 13.2. The summed E-state index contributed by atoms with van der Waals surface area (Å²) in [6, 6.07) is 0. The van der Waals surface area contributed by atoms with E-state index in [1.54, 1.807) is 12.5 Å². The zero-order valence-corrected chi connectivity index (χ0v) is 13.2. The molecule has 1 saturated heterocycles. The van der Waals surface area contributed by atoms with Crippen molar-refractivity contribution in [2.45, 2.75) is 13.0 Å². The number of morpholine rings is 1. The number of aryl methyl sites for hydroxylation is 1. The van der Waals surface area contributed by atoms with Crippen LogP contribution < -0.4 is 10.2 Å². The van der Waals surface area contributed by atoms with Crippen molar-refractivity contribution in [1.29, 1.82) is 0 Å². The van der Waals surface area contributed by atoms with E-state index in [1.807, 2.05) is 15.7 Å². The molecule has 0 spiro atoms. The van der Waals surface area contributed by atoms with E-state index in [1.165, 1.54) is 6.33 Å². The molecule has 0 aromatic carbocycles. The second-order valence-corrected chi connectivity index (χ2v) is 5.33. The number of nitro groups is 1. The Morgan fingerprint density at radius 1 is 1.33 bits per heavy atom. The molecule has 10 heteroatoms. The Morgan fingerprint density at radius 2 is 2.17 bits per heavy atom.